The Morgan fingerprint density at radius 3 is 2.32 bits per heavy atom. The number of carboxylic acids is 1. The van der Waals surface area contributed by atoms with Crippen LogP contribution in [0.5, 0.6) is 0 Å². The van der Waals surface area contributed by atoms with Gasteiger partial charge in [0.15, 0.2) is 0 Å². The van der Waals surface area contributed by atoms with Crippen molar-refractivity contribution in [3.05, 3.63) is 128 Å². The number of carboxylic acid groups (broad SMARTS) is 1. The molecule has 7 heteroatoms. The van der Waals surface area contributed by atoms with Crippen molar-refractivity contribution < 1.29 is 19.4 Å². The average Bonchev–Trinajstić information content (AvgIpc) is 3.45. The number of hydrogen-bond acceptors (Lipinski definition) is 5. The van der Waals surface area contributed by atoms with E-state index in [0.717, 1.165) is 36.9 Å². The number of halogens is 1. The van der Waals surface area contributed by atoms with Crippen molar-refractivity contribution >= 4 is 34.7 Å². The number of ether oxygens (including phenoxy) is 1. The molecule has 1 heterocycles. The summed E-state index contributed by atoms with van der Waals surface area (Å²) in [7, 11) is 0. The van der Waals surface area contributed by atoms with E-state index in [4.69, 9.17) is 16.3 Å². The number of aromatic carboxylic acids is 1. The highest BCUT2D eigenvalue weighted by Gasteiger charge is 2.24. The largest absolute Gasteiger partial charge is 0.478 e. The van der Waals surface area contributed by atoms with Gasteiger partial charge >= 0.3 is 5.97 Å². The lowest BCUT2D eigenvalue weighted by Crippen LogP contribution is -2.33. The van der Waals surface area contributed by atoms with E-state index in [1.807, 2.05) is 36.4 Å². The number of carbonyl (C=O) groups is 2. The molecule has 1 unspecified atom stereocenters. The van der Waals surface area contributed by atoms with Crippen LogP contribution in [0.2, 0.25) is 5.02 Å². The SMILES string of the molecule is CC(=O)CC(C)(C)CCN(Cc1ccc(C(=O)O)cc1)CC(OCc1ccc(CCc2ccccc2)s1)c1cccc(Cl)c1. The van der Waals surface area contributed by atoms with Crippen molar-refractivity contribution in [2.24, 2.45) is 5.41 Å². The summed E-state index contributed by atoms with van der Waals surface area (Å²) < 4.78 is 6.64. The summed E-state index contributed by atoms with van der Waals surface area (Å²) in [5, 5.41) is 10.0. The second-order valence-corrected chi connectivity index (χ2v) is 13.9. The Bertz CT molecular complexity index is 1500. The van der Waals surface area contributed by atoms with Gasteiger partial charge in [-0.2, -0.15) is 0 Å². The third-order valence-electron chi connectivity index (χ3n) is 7.73. The lowest BCUT2D eigenvalue weighted by molar-refractivity contribution is -0.119. The van der Waals surface area contributed by atoms with Crippen molar-refractivity contribution in [2.75, 3.05) is 13.1 Å². The molecule has 0 fully saturated rings. The number of benzene rings is 3. The van der Waals surface area contributed by atoms with E-state index in [2.05, 4.69) is 61.2 Å². The fourth-order valence-electron chi connectivity index (χ4n) is 5.39. The maximum Gasteiger partial charge on any atom is 0.335 e. The zero-order valence-electron chi connectivity index (χ0n) is 25.8. The molecule has 0 aliphatic rings. The molecule has 3 aromatic carbocycles. The first-order valence-corrected chi connectivity index (χ1v) is 16.3. The van der Waals surface area contributed by atoms with Crippen molar-refractivity contribution in [3.8, 4) is 0 Å². The summed E-state index contributed by atoms with van der Waals surface area (Å²) in [6, 6.07) is 29.8. The summed E-state index contributed by atoms with van der Waals surface area (Å²) in [5.74, 6) is -0.754. The maximum atomic E-state index is 11.9. The molecule has 0 radical (unpaired) electrons. The topological polar surface area (TPSA) is 66.8 Å². The zero-order valence-corrected chi connectivity index (χ0v) is 27.4. The first-order chi connectivity index (χ1) is 21.1. The van der Waals surface area contributed by atoms with Gasteiger partial charge in [0.25, 0.3) is 0 Å². The molecule has 0 aliphatic heterocycles. The molecule has 4 aromatic rings. The molecule has 0 spiro atoms. The van der Waals surface area contributed by atoms with Gasteiger partial charge in [-0.1, -0.05) is 80.0 Å². The Labute approximate surface area is 270 Å². The first kappa shape index (κ1) is 33.6. The number of hydrogen-bond donors (Lipinski definition) is 1. The molecule has 0 amide bonds. The van der Waals surface area contributed by atoms with Crippen LogP contribution in [0, 0.1) is 5.41 Å². The predicted octanol–water partition coefficient (Wildman–Crippen LogP) is 9.04. The van der Waals surface area contributed by atoms with Gasteiger partial charge in [-0.05, 0) is 91.2 Å². The van der Waals surface area contributed by atoms with Gasteiger partial charge < -0.3 is 14.6 Å². The molecular formula is C37H42ClNO4S. The van der Waals surface area contributed by atoms with Crippen LogP contribution in [-0.4, -0.2) is 34.8 Å². The summed E-state index contributed by atoms with van der Waals surface area (Å²) >= 11 is 8.22. The second kappa shape index (κ2) is 16.1. The standard InChI is InChI=1S/C37H42ClNO4S/c1-27(40)23-37(2,3)20-21-39(24-29-12-15-30(16-13-29)36(41)42)25-35(31-10-7-11-32(38)22-31)43-26-34-19-18-33(44-34)17-14-28-8-5-4-6-9-28/h4-13,15-16,18-19,22,35H,14,17,20-21,23-26H2,1-3H3,(H,41,42). The lowest BCUT2D eigenvalue weighted by atomic mass is 9.84. The Morgan fingerprint density at radius 2 is 1.64 bits per heavy atom. The molecule has 0 saturated carbocycles. The summed E-state index contributed by atoms with van der Waals surface area (Å²) in [6.45, 7) is 8.39. The molecular weight excluding hydrogens is 590 g/mol. The highest BCUT2D eigenvalue weighted by atomic mass is 35.5. The van der Waals surface area contributed by atoms with Gasteiger partial charge in [-0.3, -0.25) is 4.90 Å². The fourth-order valence-corrected chi connectivity index (χ4v) is 6.53. The molecule has 1 N–H and O–H groups in total. The minimum absolute atomic E-state index is 0.142. The van der Waals surface area contributed by atoms with Crippen LogP contribution >= 0.6 is 22.9 Å². The monoisotopic (exact) mass is 631 g/mol. The van der Waals surface area contributed by atoms with Crippen molar-refractivity contribution in [3.63, 3.8) is 0 Å². The van der Waals surface area contributed by atoms with E-state index in [0.29, 0.717) is 31.1 Å². The van der Waals surface area contributed by atoms with Gasteiger partial charge in [-0.15, -0.1) is 11.3 Å². The van der Waals surface area contributed by atoms with E-state index in [-0.39, 0.29) is 22.9 Å². The van der Waals surface area contributed by atoms with E-state index in [9.17, 15) is 14.7 Å². The molecule has 232 valence electrons. The third-order valence-corrected chi connectivity index (χ3v) is 9.08. The van der Waals surface area contributed by atoms with Gasteiger partial charge in [0, 0.05) is 34.3 Å². The van der Waals surface area contributed by atoms with Gasteiger partial charge in [0.05, 0.1) is 18.3 Å². The minimum atomic E-state index is -0.939. The fraction of sp³-hybridized carbons (Fsp3) is 0.351. The maximum absolute atomic E-state index is 11.9. The van der Waals surface area contributed by atoms with Gasteiger partial charge in [-0.25, -0.2) is 4.79 Å². The lowest BCUT2D eigenvalue weighted by Gasteiger charge is -2.32. The van der Waals surface area contributed by atoms with Crippen LogP contribution in [0.25, 0.3) is 0 Å². The number of carbonyl (C=O) groups excluding carboxylic acids is 1. The smallest absolute Gasteiger partial charge is 0.335 e. The van der Waals surface area contributed by atoms with Crippen LogP contribution in [0.1, 0.15) is 76.5 Å². The Balaban J connectivity index is 1.50. The molecule has 0 aliphatic carbocycles. The van der Waals surface area contributed by atoms with Crippen LogP contribution in [-0.2, 0) is 35.5 Å². The number of nitrogens with zero attached hydrogens (tertiary/aromatic N) is 1. The minimum Gasteiger partial charge on any atom is -0.478 e. The van der Waals surface area contributed by atoms with Crippen LogP contribution < -0.4 is 0 Å². The molecule has 1 aromatic heterocycles. The van der Waals surface area contributed by atoms with Crippen molar-refractivity contribution in [1.29, 1.82) is 0 Å². The number of ketones is 1. The van der Waals surface area contributed by atoms with E-state index < -0.39 is 5.97 Å². The molecule has 0 bridgehead atoms. The van der Waals surface area contributed by atoms with Crippen LogP contribution in [0.4, 0.5) is 0 Å². The molecule has 44 heavy (non-hydrogen) atoms. The Hall–Kier alpha value is -3.29. The van der Waals surface area contributed by atoms with Crippen LogP contribution in [0.3, 0.4) is 0 Å². The number of aryl methyl sites for hydroxylation is 2. The zero-order chi connectivity index (χ0) is 31.5. The highest BCUT2D eigenvalue weighted by Crippen LogP contribution is 2.29. The first-order valence-electron chi connectivity index (χ1n) is 15.1. The molecule has 4 rings (SSSR count). The second-order valence-electron chi connectivity index (χ2n) is 12.2. The number of thiophene rings is 1. The summed E-state index contributed by atoms with van der Waals surface area (Å²) in [6.07, 6.45) is 3.12. The number of Topliss-reactive ketones (excluding diaryl/α,β-unsaturated/α-hetero) is 1. The van der Waals surface area contributed by atoms with E-state index in [1.165, 1.54) is 15.3 Å². The van der Waals surface area contributed by atoms with Gasteiger partial charge in [0.2, 0.25) is 0 Å². The van der Waals surface area contributed by atoms with Crippen molar-refractivity contribution in [2.45, 2.75) is 65.7 Å². The molecule has 5 nitrogen and oxygen atoms in total. The van der Waals surface area contributed by atoms with E-state index >= 15 is 0 Å². The Kier molecular flexibility index (Phi) is 12.3. The average molecular weight is 632 g/mol. The summed E-state index contributed by atoms with van der Waals surface area (Å²) in [4.78, 5) is 28.2. The Morgan fingerprint density at radius 1 is 0.909 bits per heavy atom. The predicted molar refractivity (Wildman–Crippen MR) is 180 cm³/mol. The normalized spacial score (nSPS) is 12.4. The molecule has 0 saturated heterocycles. The quantitative estimate of drug-likeness (QED) is 0.126. The van der Waals surface area contributed by atoms with Crippen molar-refractivity contribution in [1.82, 2.24) is 4.90 Å². The van der Waals surface area contributed by atoms with E-state index in [1.54, 1.807) is 30.4 Å². The molecule has 1 atom stereocenters. The third kappa shape index (κ3) is 11.0. The van der Waals surface area contributed by atoms with Crippen LogP contribution in [0.15, 0.2) is 91.0 Å². The van der Waals surface area contributed by atoms with Gasteiger partial charge in [0.1, 0.15) is 5.78 Å². The highest BCUT2D eigenvalue weighted by molar-refractivity contribution is 7.11. The summed E-state index contributed by atoms with van der Waals surface area (Å²) in [5.41, 5.74) is 3.49. The number of rotatable bonds is 17.